The Morgan fingerprint density at radius 1 is 1.30 bits per heavy atom. The first kappa shape index (κ1) is 17.0. The van der Waals surface area contributed by atoms with Gasteiger partial charge in [-0.3, -0.25) is 0 Å². The van der Waals surface area contributed by atoms with E-state index in [9.17, 15) is 4.79 Å². The number of carboxylic acid groups (broad SMARTS) is 1. The zero-order chi connectivity index (χ0) is 15.4. The molecule has 0 bridgehead atoms. The summed E-state index contributed by atoms with van der Waals surface area (Å²) in [6, 6.07) is 0. The zero-order valence-electron chi connectivity index (χ0n) is 12.9. The fourth-order valence-electron chi connectivity index (χ4n) is 1.58. The highest BCUT2D eigenvalue weighted by Gasteiger charge is 2.49. The van der Waals surface area contributed by atoms with Crippen LogP contribution in [0.2, 0.25) is 0 Å². The van der Waals surface area contributed by atoms with E-state index in [1.165, 1.54) is 11.9 Å². The molecule has 0 saturated carbocycles. The summed E-state index contributed by atoms with van der Waals surface area (Å²) in [7, 11) is 1.14. The number of hydrogen-bond acceptors (Lipinski definition) is 4. The summed E-state index contributed by atoms with van der Waals surface area (Å²) in [4.78, 5) is 11.7. The van der Waals surface area contributed by atoms with Gasteiger partial charge in [-0.15, -0.1) is 0 Å². The number of rotatable bonds is 6. The summed E-state index contributed by atoms with van der Waals surface area (Å²) in [5, 5.41) is 8.65. The topological polar surface area (TPSA) is 68.2 Å². The van der Waals surface area contributed by atoms with Gasteiger partial charge in [-0.25, -0.2) is 4.79 Å². The van der Waals surface area contributed by atoms with Crippen LogP contribution in [0.3, 0.4) is 0 Å². The molecule has 114 valence electrons. The molecule has 0 aromatic heterocycles. The lowest BCUT2D eigenvalue weighted by atomic mass is 9.90. The number of amides is 1. The van der Waals surface area contributed by atoms with Crippen molar-refractivity contribution >= 4 is 13.2 Å². The van der Waals surface area contributed by atoms with Gasteiger partial charge in [0.25, 0.3) is 0 Å². The molecule has 1 aliphatic heterocycles. The fourth-order valence-corrected chi connectivity index (χ4v) is 1.58. The van der Waals surface area contributed by atoms with Gasteiger partial charge in [0.15, 0.2) is 0 Å². The fraction of sp³-hybridized carbons (Fsp3) is 0.769. The highest BCUT2D eigenvalue weighted by Crippen LogP contribution is 2.36. The smallest absolute Gasteiger partial charge is 0.465 e. The van der Waals surface area contributed by atoms with Crippen LogP contribution >= 0.6 is 0 Å². The molecule has 0 unspecified atom stereocenters. The van der Waals surface area contributed by atoms with Crippen molar-refractivity contribution in [2.24, 2.45) is 0 Å². The van der Waals surface area contributed by atoms with Crippen LogP contribution < -0.4 is 0 Å². The second-order valence-corrected chi connectivity index (χ2v) is 5.83. The summed E-state index contributed by atoms with van der Waals surface area (Å²) in [5.74, 6) is 1.82. The van der Waals surface area contributed by atoms with E-state index in [1.54, 1.807) is 0 Å². The van der Waals surface area contributed by atoms with Crippen LogP contribution in [0, 0.1) is 0 Å². The normalized spacial score (nSPS) is 20.6. The minimum atomic E-state index is -0.957. The van der Waals surface area contributed by atoms with Crippen molar-refractivity contribution in [3.8, 4) is 0 Å². The van der Waals surface area contributed by atoms with E-state index < -0.39 is 6.09 Å². The lowest BCUT2D eigenvalue weighted by Gasteiger charge is -2.32. The third-order valence-electron chi connectivity index (χ3n) is 3.68. The van der Waals surface area contributed by atoms with Crippen LogP contribution in [0.5, 0.6) is 0 Å². The van der Waals surface area contributed by atoms with Crippen LogP contribution in [-0.4, -0.2) is 61.2 Å². The molecule has 0 spiro atoms. The van der Waals surface area contributed by atoms with Gasteiger partial charge in [0.2, 0.25) is 0 Å². The first-order valence-electron chi connectivity index (χ1n) is 6.70. The van der Waals surface area contributed by atoms with E-state index in [0.717, 1.165) is 0 Å². The Balaban J connectivity index is 2.22. The number of likely N-dealkylation sites (N-methyl/N-ethyl adjacent to an activating group) is 1. The third-order valence-corrected chi connectivity index (χ3v) is 3.68. The predicted molar refractivity (Wildman–Crippen MR) is 76.7 cm³/mol. The Bertz CT molecular complexity index is 354. The summed E-state index contributed by atoms with van der Waals surface area (Å²) in [6.45, 7) is 9.10. The Kier molecular flexibility index (Phi) is 5.62. The van der Waals surface area contributed by atoms with E-state index in [2.05, 4.69) is 0 Å². The van der Waals surface area contributed by atoms with Crippen molar-refractivity contribution in [1.29, 1.82) is 0 Å². The molecular formula is C13H24BNO5. The number of nitrogens with zero attached hydrogens (tertiary/aromatic N) is 1. The van der Waals surface area contributed by atoms with Gasteiger partial charge in [-0.1, -0.05) is 12.1 Å². The van der Waals surface area contributed by atoms with Gasteiger partial charge >= 0.3 is 13.2 Å². The van der Waals surface area contributed by atoms with Gasteiger partial charge in [-0.2, -0.15) is 0 Å². The Labute approximate surface area is 120 Å². The first-order chi connectivity index (χ1) is 9.16. The van der Waals surface area contributed by atoms with Crippen LogP contribution in [0.4, 0.5) is 4.79 Å². The van der Waals surface area contributed by atoms with Crippen molar-refractivity contribution in [3.05, 3.63) is 12.1 Å². The quantitative estimate of drug-likeness (QED) is 0.595. The lowest BCUT2D eigenvalue weighted by Crippen LogP contribution is -2.41. The summed E-state index contributed by atoms with van der Waals surface area (Å²) in [5.41, 5.74) is -0.680. The molecule has 7 heteroatoms. The SMILES string of the molecule is CN(CCOCC=CB1OC(C)(C)C(C)(C)O1)C(=O)O. The molecule has 1 saturated heterocycles. The molecule has 0 aliphatic carbocycles. The van der Waals surface area contributed by atoms with E-state index >= 15 is 0 Å². The predicted octanol–water partition coefficient (Wildman–Crippen LogP) is 1.80. The number of hydrogen-bond donors (Lipinski definition) is 1. The van der Waals surface area contributed by atoms with Crippen molar-refractivity contribution in [2.75, 3.05) is 26.8 Å². The van der Waals surface area contributed by atoms with Crippen LogP contribution in [-0.2, 0) is 14.0 Å². The molecular weight excluding hydrogens is 261 g/mol. The molecule has 0 aromatic carbocycles. The largest absolute Gasteiger partial charge is 0.486 e. The van der Waals surface area contributed by atoms with Gasteiger partial charge in [0.05, 0.1) is 24.4 Å². The van der Waals surface area contributed by atoms with Gasteiger partial charge in [0.1, 0.15) is 0 Å². The maximum Gasteiger partial charge on any atom is 0.486 e. The summed E-state index contributed by atoms with van der Waals surface area (Å²) >= 11 is 0. The monoisotopic (exact) mass is 285 g/mol. The minimum absolute atomic E-state index is 0.340. The Morgan fingerprint density at radius 2 is 1.85 bits per heavy atom. The second-order valence-electron chi connectivity index (χ2n) is 5.83. The molecule has 0 atom stereocenters. The molecule has 0 aromatic rings. The lowest BCUT2D eigenvalue weighted by molar-refractivity contribution is 0.00578. The average Bonchev–Trinajstić information content (AvgIpc) is 2.51. The second kappa shape index (κ2) is 6.60. The maximum absolute atomic E-state index is 10.5. The van der Waals surface area contributed by atoms with Crippen LogP contribution in [0.1, 0.15) is 27.7 Å². The maximum atomic E-state index is 10.5. The summed E-state index contributed by atoms with van der Waals surface area (Å²) < 4.78 is 16.9. The third kappa shape index (κ3) is 4.50. The molecule has 1 rings (SSSR count). The Morgan fingerprint density at radius 3 is 2.35 bits per heavy atom. The van der Waals surface area contributed by atoms with Crippen molar-refractivity contribution in [3.63, 3.8) is 0 Å². The van der Waals surface area contributed by atoms with Gasteiger partial charge < -0.3 is 24.1 Å². The molecule has 1 fully saturated rings. The van der Waals surface area contributed by atoms with Crippen LogP contribution in [0.15, 0.2) is 12.1 Å². The first-order valence-corrected chi connectivity index (χ1v) is 6.70. The minimum Gasteiger partial charge on any atom is -0.465 e. The summed E-state index contributed by atoms with van der Waals surface area (Å²) in [6.07, 6.45) is 0.865. The van der Waals surface area contributed by atoms with Gasteiger partial charge in [0, 0.05) is 13.6 Å². The number of carbonyl (C=O) groups is 1. The standard InChI is InChI=1S/C13H24BNO5/c1-12(2)13(3,4)20-14(19-12)7-6-9-18-10-8-15(5)11(16)17/h6-7H,8-10H2,1-5H3,(H,16,17). The van der Waals surface area contributed by atoms with E-state index in [4.69, 9.17) is 19.2 Å². The zero-order valence-corrected chi connectivity index (χ0v) is 12.9. The molecule has 20 heavy (non-hydrogen) atoms. The highest BCUT2D eigenvalue weighted by atomic mass is 16.7. The average molecular weight is 285 g/mol. The van der Waals surface area contributed by atoms with Crippen molar-refractivity contribution in [2.45, 2.75) is 38.9 Å². The highest BCUT2D eigenvalue weighted by molar-refractivity contribution is 6.51. The van der Waals surface area contributed by atoms with Crippen molar-refractivity contribution < 1.29 is 23.9 Å². The number of ether oxygens (including phenoxy) is 1. The molecule has 1 amide bonds. The molecule has 0 radical (unpaired) electrons. The van der Waals surface area contributed by atoms with Gasteiger partial charge in [-0.05, 0) is 27.7 Å². The van der Waals surface area contributed by atoms with Crippen molar-refractivity contribution in [1.82, 2.24) is 4.90 Å². The van der Waals surface area contributed by atoms with E-state index in [1.807, 2.05) is 39.7 Å². The van der Waals surface area contributed by atoms with E-state index in [0.29, 0.717) is 19.8 Å². The van der Waals surface area contributed by atoms with Crippen LogP contribution in [0.25, 0.3) is 0 Å². The molecule has 1 aliphatic rings. The molecule has 6 nitrogen and oxygen atoms in total. The molecule has 1 heterocycles. The molecule has 1 N–H and O–H groups in total. The van der Waals surface area contributed by atoms with E-state index in [-0.39, 0.29) is 18.3 Å². The Hall–Kier alpha value is -1.05.